The Morgan fingerprint density at radius 3 is 2.17 bits per heavy atom. The molecule has 2 heterocycles. The molecule has 7 heteroatoms. The normalized spacial score (nSPS) is 12.6. The molecule has 3 rings (SSSR count). The van der Waals surface area contributed by atoms with Crippen LogP contribution in [0.1, 0.15) is 88.6 Å². The van der Waals surface area contributed by atoms with Crippen LogP contribution < -0.4 is 4.74 Å². The van der Waals surface area contributed by atoms with Gasteiger partial charge >= 0.3 is 215 Å². The predicted molar refractivity (Wildman–Crippen MR) is 146 cm³/mol. The molecule has 0 fully saturated rings. The molecule has 0 aliphatic heterocycles. The monoisotopic (exact) mass is 589 g/mol. The van der Waals surface area contributed by atoms with Crippen molar-refractivity contribution in [1.82, 2.24) is 15.4 Å². The van der Waals surface area contributed by atoms with E-state index in [0.29, 0.717) is 11.8 Å². The first-order valence-corrected chi connectivity index (χ1v) is 20.9. The van der Waals surface area contributed by atoms with Gasteiger partial charge < -0.3 is 0 Å². The van der Waals surface area contributed by atoms with E-state index in [1.165, 1.54) is 57.4 Å². The molecule has 0 aliphatic rings. The van der Waals surface area contributed by atoms with Gasteiger partial charge in [0, 0.05) is 0 Å². The van der Waals surface area contributed by atoms with Gasteiger partial charge in [-0.2, -0.15) is 0 Å². The molecule has 0 unspecified atom stereocenters. The Kier molecular flexibility index (Phi) is 10.7. The van der Waals surface area contributed by atoms with E-state index >= 15 is 0 Å². The molecule has 3 aromatic rings. The Labute approximate surface area is 214 Å². The van der Waals surface area contributed by atoms with Crippen molar-refractivity contribution in [3.8, 4) is 5.88 Å². The summed E-state index contributed by atoms with van der Waals surface area (Å²) in [6.07, 6.45) is 12.0. The Hall–Kier alpha value is -1.83. The van der Waals surface area contributed by atoms with Crippen LogP contribution in [-0.4, -0.2) is 40.8 Å². The zero-order valence-corrected chi connectivity index (χ0v) is 25.4. The second-order valence-corrected chi connectivity index (χ2v) is 23.0. The van der Waals surface area contributed by atoms with E-state index in [-0.39, 0.29) is 0 Å². The van der Waals surface area contributed by atoms with E-state index in [4.69, 9.17) is 13.7 Å². The number of fused-ring (bicyclic) bond motifs is 1. The van der Waals surface area contributed by atoms with Crippen LogP contribution in [0.5, 0.6) is 5.88 Å². The molecule has 6 nitrogen and oxygen atoms in total. The molecular weight excluding hydrogens is 545 g/mol. The topological polar surface area (TPSA) is 74.2 Å². The average molecular weight is 588 g/mol. The van der Waals surface area contributed by atoms with Gasteiger partial charge in [0.1, 0.15) is 0 Å². The van der Waals surface area contributed by atoms with Crippen LogP contribution in [0.3, 0.4) is 0 Å². The number of ether oxygens (including phenoxy) is 1. The summed E-state index contributed by atoms with van der Waals surface area (Å²) in [6, 6.07) is 4.60. The molecule has 0 atom stereocenters. The first-order chi connectivity index (χ1) is 17.0. The molecule has 0 amide bonds. The minimum absolute atomic E-state index is 0.571. The van der Waals surface area contributed by atoms with Gasteiger partial charge in [0.05, 0.1) is 0 Å². The molecule has 0 spiro atoms. The Morgan fingerprint density at radius 2 is 1.63 bits per heavy atom. The maximum atomic E-state index is 5.68. The number of hydrogen-bond acceptors (Lipinski definition) is 6. The average Bonchev–Trinajstić information content (AvgIpc) is 3.47. The molecular formula is C28H43N3O3Sn. The van der Waals surface area contributed by atoms with Gasteiger partial charge in [-0.3, -0.25) is 0 Å². The first kappa shape index (κ1) is 27.8. The number of aryl methyl sites for hydroxylation is 3. The van der Waals surface area contributed by atoms with Crippen molar-refractivity contribution >= 4 is 32.9 Å². The second-order valence-electron chi connectivity index (χ2n) is 9.82. The van der Waals surface area contributed by atoms with Crippen LogP contribution in [0.4, 0.5) is 0 Å². The molecule has 0 bridgehead atoms. The molecule has 0 saturated heterocycles. The number of rotatable bonds is 15. The van der Waals surface area contributed by atoms with Crippen LogP contribution in [0.15, 0.2) is 27.1 Å². The van der Waals surface area contributed by atoms with Crippen LogP contribution in [0, 0.1) is 13.8 Å². The van der Waals surface area contributed by atoms with Crippen molar-refractivity contribution in [2.75, 3.05) is 7.11 Å². The van der Waals surface area contributed by atoms with E-state index in [2.05, 4.69) is 61.3 Å². The first-order valence-electron chi connectivity index (χ1n) is 13.4. The van der Waals surface area contributed by atoms with Crippen molar-refractivity contribution in [3.05, 3.63) is 41.1 Å². The molecule has 35 heavy (non-hydrogen) atoms. The van der Waals surface area contributed by atoms with Gasteiger partial charge in [-0.15, -0.1) is 0 Å². The third kappa shape index (κ3) is 6.89. The quantitative estimate of drug-likeness (QED) is 0.167. The van der Waals surface area contributed by atoms with E-state index in [0.717, 1.165) is 35.3 Å². The number of unbranched alkanes of at least 4 members (excludes halogenated alkanes) is 3. The number of allylic oxidation sites excluding steroid dienone is 1. The van der Waals surface area contributed by atoms with Gasteiger partial charge in [0.15, 0.2) is 0 Å². The summed E-state index contributed by atoms with van der Waals surface area (Å²) >= 11 is -2.76. The van der Waals surface area contributed by atoms with Crippen molar-refractivity contribution < 1.29 is 13.7 Å². The number of nitrogens with zero attached hydrogens (tertiary/aromatic N) is 3. The SMILES string of the molecule is CCC[CH2][Sn]([CH2]CCC)([CH2]CCC)/[C](=C/CCc1nnc(C)o1)c1cc(C)c2onc(OC)c2c1. The van der Waals surface area contributed by atoms with Crippen LogP contribution in [0.2, 0.25) is 13.3 Å². The molecule has 0 saturated carbocycles. The van der Waals surface area contributed by atoms with Crippen LogP contribution in [-0.2, 0) is 6.42 Å². The number of aromatic nitrogens is 3. The van der Waals surface area contributed by atoms with Crippen molar-refractivity contribution in [2.24, 2.45) is 0 Å². The second kappa shape index (κ2) is 13.5. The van der Waals surface area contributed by atoms with Gasteiger partial charge in [-0.25, -0.2) is 0 Å². The summed E-state index contributed by atoms with van der Waals surface area (Å²) in [5, 5.41) is 13.4. The minimum atomic E-state index is -2.76. The fourth-order valence-corrected chi connectivity index (χ4v) is 22.3. The van der Waals surface area contributed by atoms with E-state index in [9.17, 15) is 0 Å². The molecule has 0 radical (unpaired) electrons. The summed E-state index contributed by atoms with van der Waals surface area (Å²) in [4.78, 5) is 0. The fraction of sp³-hybridized carbons (Fsp3) is 0.607. The van der Waals surface area contributed by atoms with Crippen LogP contribution in [0.25, 0.3) is 14.6 Å². The van der Waals surface area contributed by atoms with E-state index < -0.39 is 18.4 Å². The van der Waals surface area contributed by atoms with Crippen molar-refractivity contribution in [1.29, 1.82) is 0 Å². The standard InChI is InChI=1S/C16H16N3O3.3C4H9.Sn/c1-10-8-12(9-13-15(10)22-19-16(13)20-3)6-4-5-7-14-18-17-11(2)21-14;3*1-3-4-2;/h4,8-9H,5,7H2,1-3H3;3*1,3-4H2,2H3;. The van der Waals surface area contributed by atoms with Crippen molar-refractivity contribution in [2.45, 2.75) is 99.3 Å². The van der Waals surface area contributed by atoms with Gasteiger partial charge in [0.25, 0.3) is 0 Å². The zero-order valence-electron chi connectivity index (χ0n) is 22.6. The Balaban J connectivity index is 2.13. The van der Waals surface area contributed by atoms with E-state index in [1.54, 1.807) is 10.7 Å². The Bertz CT molecular complexity index is 1080. The van der Waals surface area contributed by atoms with Crippen LogP contribution >= 0.6 is 0 Å². The van der Waals surface area contributed by atoms with Gasteiger partial charge in [-0.1, -0.05) is 0 Å². The zero-order chi connectivity index (χ0) is 25.3. The Morgan fingerprint density at radius 1 is 0.971 bits per heavy atom. The predicted octanol–water partition coefficient (Wildman–Crippen LogP) is 8.24. The van der Waals surface area contributed by atoms with E-state index in [1.807, 2.05) is 6.92 Å². The summed E-state index contributed by atoms with van der Waals surface area (Å²) in [5.41, 5.74) is 3.29. The fourth-order valence-electron chi connectivity index (χ4n) is 5.24. The molecule has 192 valence electrons. The third-order valence-corrected chi connectivity index (χ3v) is 23.0. The summed E-state index contributed by atoms with van der Waals surface area (Å²) < 4.78 is 22.7. The molecule has 1 aromatic carbocycles. The maximum absolute atomic E-state index is 5.68. The molecule has 0 N–H and O–H groups in total. The number of methoxy groups -OCH3 is 1. The van der Waals surface area contributed by atoms with Crippen molar-refractivity contribution in [3.63, 3.8) is 0 Å². The summed E-state index contributed by atoms with van der Waals surface area (Å²) in [5.74, 6) is 1.93. The molecule has 0 aliphatic carbocycles. The third-order valence-electron chi connectivity index (χ3n) is 7.10. The molecule has 2 aromatic heterocycles. The summed E-state index contributed by atoms with van der Waals surface area (Å²) in [7, 11) is 1.66. The number of benzene rings is 1. The summed E-state index contributed by atoms with van der Waals surface area (Å²) in [6.45, 7) is 11.0. The number of hydrogen-bond donors (Lipinski definition) is 0. The van der Waals surface area contributed by atoms with Gasteiger partial charge in [0.2, 0.25) is 0 Å². The van der Waals surface area contributed by atoms with Gasteiger partial charge in [-0.05, 0) is 0 Å².